The molecule has 1 fully saturated rings. The highest BCUT2D eigenvalue weighted by molar-refractivity contribution is 7.99. The third kappa shape index (κ3) is 5.39. The summed E-state index contributed by atoms with van der Waals surface area (Å²) in [5, 5.41) is 1.23. The average molecular weight is 442 g/mol. The van der Waals surface area contributed by atoms with Gasteiger partial charge in [0.05, 0.1) is 16.7 Å². The number of aromatic nitrogens is 2. The molecule has 0 atom stereocenters. The summed E-state index contributed by atoms with van der Waals surface area (Å²) < 4.78 is 7.15. The SMILES string of the molecule is CCOCCCn1c(SCC(=O)N(C2=CCCCC2)C2CC2)nc2ccccc2c1=O. The maximum atomic E-state index is 13.2. The summed E-state index contributed by atoms with van der Waals surface area (Å²) >= 11 is 1.38. The van der Waals surface area contributed by atoms with Gasteiger partial charge in [0, 0.05) is 31.5 Å². The summed E-state index contributed by atoms with van der Waals surface area (Å²) in [6.07, 6.45) is 9.56. The molecule has 1 saturated carbocycles. The number of para-hydroxylation sites is 1. The second kappa shape index (κ2) is 10.5. The molecule has 1 amide bonds. The van der Waals surface area contributed by atoms with Crippen molar-refractivity contribution in [3.8, 4) is 0 Å². The van der Waals surface area contributed by atoms with Gasteiger partial charge in [-0.1, -0.05) is 30.0 Å². The first-order valence-electron chi connectivity index (χ1n) is 11.4. The van der Waals surface area contributed by atoms with Gasteiger partial charge in [-0.2, -0.15) is 0 Å². The number of benzene rings is 1. The molecule has 0 aliphatic heterocycles. The molecule has 6 nitrogen and oxygen atoms in total. The van der Waals surface area contributed by atoms with Gasteiger partial charge in [-0.3, -0.25) is 14.2 Å². The third-order valence-corrected chi connectivity index (χ3v) is 6.74. The smallest absolute Gasteiger partial charge is 0.262 e. The second-order valence-corrected chi connectivity index (χ2v) is 9.09. The van der Waals surface area contributed by atoms with E-state index in [-0.39, 0.29) is 11.5 Å². The zero-order chi connectivity index (χ0) is 21.6. The van der Waals surface area contributed by atoms with Gasteiger partial charge in [-0.15, -0.1) is 0 Å². The van der Waals surface area contributed by atoms with Gasteiger partial charge < -0.3 is 9.64 Å². The van der Waals surface area contributed by atoms with E-state index in [2.05, 4.69) is 6.08 Å². The van der Waals surface area contributed by atoms with Crippen molar-refractivity contribution in [3.05, 3.63) is 46.4 Å². The number of carbonyl (C=O) groups excluding carboxylic acids is 1. The van der Waals surface area contributed by atoms with Crippen molar-refractivity contribution in [1.29, 1.82) is 0 Å². The zero-order valence-corrected chi connectivity index (χ0v) is 19.0. The fourth-order valence-electron chi connectivity index (χ4n) is 4.09. The zero-order valence-electron chi connectivity index (χ0n) is 18.2. The Kier molecular flexibility index (Phi) is 7.45. The number of allylic oxidation sites excluding steroid dienone is 2. The summed E-state index contributed by atoms with van der Waals surface area (Å²) in [6, 6.07) is 7.77. The van der Waals surface area contributed by atoms with Gasteiger partial charge in [-0.05, 0) is 64.0 Å². The maximum absolute atomic E-state index is 13.2. The highest BCUT2D eigenvalue weighted by Crippen LogP contribution is 2.34. The van der Waals surface area contributed by atoms with Crippen LogP contribution in [-0.2, 0) is 16.1 Å². The topological polar surface area (TPSA) is 64.4 Å². The van der Waals surface area contributed by atoms with E-state index in [1.54, 1.807) is 4.57 Å². The van der Waals surface area contributed by atoms with Crippen LogP contribution in [0.25, 0.3) is 10.9 Å². The number of hydrogen-bond acceptors (Lipinski definition) is 5. The summed E-state index contributed by atoms with van der Waals surface area (Å²) in [5.41, 5.74) is 1.82. The Hall–Kier alpha value is -2.12. The van der Waals surface area contributed by atoms with Gasteiger partial charge in [-0.25, -0.2) is 4.98 Å². The minimum absolute atomic E-state index is 0.0499. The summed E-state index contributed by atoms with van der Waals surface area (Å²) in [5.74, 6) is 0.424. The lowest BCUT2D eigenvalue weighted by Crippen LogP contribution is -2.34. The molecule has 1 aromatic carbocycles. The Bertz CT molecular complexity index is 1010. The van der Waals surface area contributed by atoms with Gasteiger partial charge in [0.25, 0.3) is 5.56 Å². The van der Waals surface area contributed by atoms with Crippen molar-refractivity contribution in [2.45, 2.75) is 69.6 Å². The lowest BCUT2D eigenvalue weighted by molar-refractivity contribution is -0.127. The lowest BCUT2D eigenvalue weighted by atomic mass is 10.0. The van der Waals surface area contributed by atoms with Crippen LogP contribution in [0.15, 0.2) is 46.0 Å². The van der Waals surface area contributed by atoms with Gasteiger partial charge in [0.2, 0.25) is 5.91 Å². The van der Waals surface area contributed by atoms with Crippen LogP contribution < -0.4 is 5.56 Å². The molecule has 1 heterocycles. The number of thioether (sulfide) groups is 1. The molecule has 1 aromatic heterocycles. The Balaban J connectivity index is 1.54. The van der Waals surface area contributed by atoms with Crippen molar-refractivity contribution < 1.29 is 9.53 Å². The molecule has 0 saturated heterocycles. The van der Waals surface area contributed by atoms with Crippen LogP contribution in [0.4, 0.5) is 0 Å². The van der Waals surface area contributed by atoms with E-state index in [1.807, 2.05) is 36.1 Å². The molecule has 31 heavy (non-hydrogen) atoms. The molecule has 4 rings (SSSR count). The number of fused-ring (bicyclic) bond motifs is 1. The van der Waals surface area contributed by atoms with Gasteiger partial charge in [0.15, 0.2) is 5.16 Å². The van der Waals surface area contributed by atoms with Crippen LogP contribution in [0.5, 0.6) is 0 Å². The molecule has 2 aliphatic rings. The summed E-state index contributed by atoms with van der Waals surface area (Å²) in [6.45, 7) is 3.75. The highest BCUT2D eigenvalue weighted by atomic mass is 32.2. The molecular weight excluding hydrogens is 410 g/mol. The fraction of sp³-hybridized carbons (Fsp3) is 0.542. The first-order chi connectivity index (χ1) is 15.2. The molecule has 0 N–H and O–H groups in total. The second-order valence-electron chi connectivity index (χ2n) is 8.14. The van der Waals surface area contributed by atoms with E-state index in [0.717, 1.165) is 38.5 Å². The predicted molar refractivity (Wildman–Crippen MR) is 124 cm³/mol. The standard InChI is InChI=1S/C24H31N3O3S/c1-2-30-16-8-15-26-23(29)20-11-6-7-12-21(20)25-24(26)31-17-22(28)27(19-13-14-19)18-9-4-3-5-10-18/h6-7,9,11-12,19H,2-5,8,10,13-17H2,1H3. The van der Waals surface area contributed by atoms with Crippen LogP contribution in [0, 0.1) is 0 Å². The van der Waals surface area contributed by atoms with Crippen LogP contribution in [0.3, 0.4) is 0 Å². The average Bonchev–Trinajstić information content (AvgIpc) is 3.62. The normalized spacial score (nSPS) is 16.4. The van der Waals surface area contributed by atoms with E-state index in [4.69, 9.17) is 9.72 Å². The number of amides is 1. The van der Waals surface area contributed by atoms with Crippen molar-refractivity contribution in [3.63, 3.8) is 0 Å². The van der Waals surface area contributed by atoms with Gasteiger partial charge in [0.1, 0.15) is 0 Å². The van der Waals surface area contributed by atoms with Crippen molar-refractivity contribution in [2.24, 2.45) is 0 Å². The molecule has 0 radical (unpaired) electrons. The number of ether oxygens (including phenoxy) is 1. The molecule has 7 heteroatoms. The van der Waals surface area contributed by atoms with Crippen molar-refractivity contribution in [2.75, 3.05) is 19.0 Å². The van der Waals surface area contributed by atoms with Gasteiger partial charge >= 0.3 is 0 Å². The van der Waals surface area contributed by atoms with Crippen LogP contribution in [0.2, 0.25) is 0 Å². The van der Waals surface area contributed by atoms with E-state index in [1.165, 1.54) is 23.9 Å². The van der Waals surface area contributed by atoms with Crippen molar-refractivity contribution in [1.82, 2.24) is 14.5 Å². The van der Waals surface area contributed by atoms with Crippen molar-refractivity contribution >= 4 is 28.6 Å². The number of rotatable bonds is 10. The van der Waals surface area contributed by atoms with Crippen LogP contribution in [-0.4, -0.2) is 45.4 Å². The largest absolute Gasteiger partial charge is 0.382 e. The summed E-state index contributed by atoms with van der Waals surface area (Å²) in [7, 11) is 0. The highest BCUT2D eigenvalue weighted by Gasteiger charge is 2.35. The number of carbonyl (C=O) groups is 1. The Morgan fingerprint density at radius 1 is 1.29 bits per heavy atom. The van der Waals surface area contributed by atoms with E-state index in [9.17, 15) is 9.59 Å². The first-order valence-corrected chi connectivity index (χ1v) is 12.4. The maximum Gasteiger partial charge on any atom is 0.262 e. The number of hydrogen-bond donors (Lipinski definition) is 0. The molecule has 166 valence electrons. The molecule has 0 spiro atoms. The molecular formula is C24H31N3O3S. The quantitative estimate of drug-likeness (QED) is 0.311. The van der Waals surface area contributed by atoms with E-state index < -0.39 is 0 Å². The van der Waals surface area contributed by atoms with Crippen LogP contribution >= 0.6 is 11.8 Å². The Morgan fingerprint density at radius 2 is 2.13 bits per heavy atom. The molecule has 2 aliphatic carbocycles. The Morgan fingerprint density at radius 3 is 2.87 bits per heavy atom. The Labute approximate surface area is 187 Å². The molecule has 0 bridgehead atoms. The monoisotopic (exact) mass is 441 g/mol. The molecule has 0 unspecified atom stereocenters. The molecule has 2 aromatic rings. The predicted octanol–water partition coefficient (Wildman–Crippen LogP) is 4.36. The number of nitrogens with zero attached hydrogens (tertiary/aromatic N) is 3. The third-order valence-electron chi connectivity index (χ3n) is 5.78. The lowest BCUT2D eigenvalue weighted by Gasteiger charge is -2.27. The van der Waals surface area contributed by atoms with E-state index in [0.29, 0.717) is 47.6 Å². The van der Waals surface area contributed by atoms with Crippen LogP contribution in [0.1, 0.15) is 51.9 Å². The first kappa shape index (κ1) is 22.1. The minimum atomic E-state index is -0.0499. The van der Waals surface area contributed by atoms with E-state index >= 15 is 0 Å². The minimum Gasteiger partial charge on any atom is -0.382 e. The summed E-state index contributed by atoms with van der Waals surface area (Å²) in [4.78, 5) is 33.1. The fourth-order valence-corrected chi connectivity index (χ4v) is 4.98.